The number of aliphatic hydroxyl groups is 1. The maximum atomic E-state index is 14.0. The van der Waals surface area contributed by atoms with E-state index in [9.17, 15) is 29.1 Å². The van der Waals surface area contributed by atoms with E-state index >= 15 is 0 Å². The van der Waals surface area contributed by atoms with Crippen molar-refractivity contribution in [1.82, 2.24) is 16.0 Å². The van der Waals surface area contributed by atoms with Gasteiger partial charge in [0.2, 0.25) is 11.8 Å². The predicted molar refractivity (Wildman–Crippen MR) is 270 cm³/mol. The second-order valence-electron chi connectivity index (χ2n) is 17.1. The maximum Gasteiger partial charge on any atom is 0.407 e. The minimum absolute atomic E-state index is 0.0240. The van der Waals surface area contributed by atoms with Crippen LogP contribution in [-0.2, 0) is 41.7 Å². The van der Waals surface area contributed by atoms with Crippen molar-refractivity contribution in [2.75, 3.05) is 25.1 Å². The molecule has 13 heteroatoms. The summed E-state index contributed by atoms with van der Waals surface area (Å²) in [5.41, 5.74) is 6.51. The van der Waals surface area contributed by atoms with E-state index in [1.165, 1.54) is 6.08 Å². The Balaban J connectivity index is 0.986. The number of hydrogen-bond donors (Lipinski definition) is 5. The molecule has 0 saturated heterocycles. The van der Waals surface area contributed by atoms with Gasteiger partial charge in [-0.15, -0.1) is 13.2 Å². The summed E-state index contributed by atoms with van der Waals surface area (Å²) in [6, 6.07) is 42.7. The highest BCUT2D eigenvalue weighted by Crippen LogP contribution is 2.44. The molecule has 1 aliphatic rings. The Bertz CT molecular complexity index is 2730. The lowest BCUT2D eigenvalue weighted by atomic mass is 9.98. The fourth-order valence-corrected chi connectivity index (χ4v) is 8.45. The maximum absolute atomic E-state index is 14.0. The third-order valence-corrected chi connectivity index (χ3v) is 12.1. The molecule has 0 saturated carbocycles. The molecule has 4 unspecified atom stereocenters. The Labute approximate surface area is 407 Å². The lowest BCUT2D eigenvalue weighted by Crippen LogP contribution is -2.51. The monoisotopic (exact) mass is 942 g/mol. The predicted octanol–water partition coefficient (Wildman–Crippen LogP) is 8.56. The van der Waals surface area contributed by atoms with Crippen LogP contribution in [0.2, 0.25) is 0 Å². The first-order valence-corrected chi connectivity index (χ1v) is 23.4. The van der Waals surface area contributed by atoms with Crippen LogP contribution in [0.15, 0.2) is 171 Å². The van der Waals surface area contributed by atoms with Crippen molar-refractivity contribution >= 4 is 46.2 Å². The average molecular weight is 943 g/mol. The van der Waals surface area contributed by atoms with Crippen LogP contribution in [0.3, 0.4) is 0 Å². The smallest absolute Gasteiger partial charge is 0.407 e. The molecule has 70 heavy (non-hydrogen) atoms. The molecule has 4 amide bonds. The average Bonchev–Trinajstić information content (AvgIpc) is 3.70. The van der Waals surface area contributed by atoms with Gasteiger partial charge in [0.1, 0.15) is 37.7 Å². The highest BCUT2D eigenvalue weighted by molar-refractivity contribution is 6.00. The lowest BCUT2D eigenvalue weighted by molar-refractivity contribution is -0.148. The second kappa shape index (κ2) is 24.8. The summed E-state index contributed by atoms with van der Waals surface area (Å²) < 4.78 is 17.3. The number of aliphatic hydroxyl groups excluding tert-OH is 1. The zero-order valence-electron chi connectivity index (χ0n) is 38.9. The highest BCUT2D eigenvalue weighted by Gasteiger charge is 2.32. The molecule has 0 aromatic heterocycles. The standard InChI is InChI=1S/C57H58N4O9/c1-3-5-24-51(61-57(67)70-36-50-48-22-13-11-20-46(48)47-21-12-14-23-49(47)50)56(66)69-37-52(55(65)59-43-28-27-40-18-9-10-19-41(40)32-43)60-54(64)42(15-4-2)33-53(63)58-44(34-62)31-38-25-29-45(30-26-38)68-35-39-16-7-6-8-17-39/h3-4,6-14,16-23,25-30,32,42,44,50-52,62H,1-2,5,15,24,31,33-37H2,(H,58,63)(H,59,65)(H,60,64)(H,61,67). The van der Waals surface area contributed by atoms with Gasteiger partial charge in [0.25, 0.3) is 5.91 Å². The Morgan fingerprint density at radius 1 is 0.657 bits per heavy atom. The van der Waals surface area contributed by atoms with Gasteiger partial charge in [0.05, 0.1) is 18.6 Å². The van der Waals surface area contributed by atoms with Gasteiger partial charge < -0.3 is 40.6 Å². The first-order chi connectivity index (χ1) is 34.1. The summed E-state index contributed by atoms with van der Waals surface area (Å²) in [5, 5.41) is 23.0. The van der Waals surface area contributed by atoms with Gasteiger partial charge >= 0.3 is 12.1 Å². The molecule has 13 nitrogen and oxygen atoms in total. The van der Waals surface area contributed by atoms with Gasteiger partial charge in [0.15, 0.2) is 0 Å². The van der Waals surface area contributed by atoms with Crippen LogP contribution >= 0.6 is 0 Å². The van der Waals surface area contributed by atoms with Crippen molar-refractivity contribution in [2.24, 2.45) is 5.92 Å². The van der Waals surface area contributed by atoms with E-state index < -0.39 is 60.4 Å². The summed E-state index contributed by atoms with van der Waals surface area (Å²) in [4.78, 5) is 68.6. The summed E-state index contributed by atoms with van der Waals surface area (Å²) in [5.74, 6) is -3.24. The van der Waals surface area contributed by atoms with E-state index in [0.717, 1.165) is 44.2 Å². The zero-order valence-corrected chi connectivity index (χ0v) is 38.9. The van der Waals surface area contributed by atoms with Gasteiger partial charge in [-0.3, -0.25) is 14.4 Å². The number of alkyl carbamates (subject to hydrolysis) is 1. The molecule has 0 radical (unpaired) electrons. The van der Waals surface area contributed by atoms with Gasteiger partial charge in [-0.2, -0.15) is 0 Å². The van der Waals surface area contributed by atoms with Gasteiger partial charge in [0, 0.05) is 18.0 Å². The first-order valence-electron chi connectivity index (χ1n) is 23.4. The van der Waals surface area contributed by atoms with Gasteiger partial charge in [-0.05, 0) is 94.1 Å². The van der Waals surface area contributed by atoms with E-state index in [-0.39, 0.29) is 38.4 Å². The lowest BCUT2D eigenvalue weighted by Gasteiger charge is -2.24. The Morgan fingerprint density at radius 2 is 1.33 bits per heavy atom. The number of carbonyl (C=O) groups is 5. The second-order valence-corrected chi connectivity index (χ2v) is 17.1. The third kappa shape index (κ3) is 13.6. The van der Waals surface area contributed by atoms with E-state index in [0.29, 0.717) is 30.9 Å². The van der Waals surface area contributed by atoms with E-state index in [4.69, 9.17) is 14.2 Å². The van der Waals surface area contributed by atoms with Crippen molar-refractivity contribution < 1.29 is 43.3 Å². The molecule has 0 bridgehead atoms. The summed E-state index contributed by atoms with van der Waals surface area (Å²) in [6.07, 6.45) is 2.80. The number of fused-ring (bicyclic) bond motifs is 4. The van der Waals surface area contributed by atoms with E-state index in [2.05, 4.69) is 34.4 Å². The fourth-order valence-electron chi connectivity index (χ4n) is 8.45. The SMILES string of the molecule is C=CCCC(NC(=O)OCC1c2ccccc2-c2ccccc21)C(=O)OCC(NC(=O)C(CC=C)CC(=O)NC(CO)Cc1ccc(OCc2ccccc2)cc1)C(=O)Nc1ccc2ccccc2c1. The molecule has 7 rings (SSSR count). The number of esters is 1. The number of amides is 4. The molecular formula is C57H58N4O9. The van der Waals surface area contributed by atoms with Crippen molar-refractivity contribution in [3.05, 3.63) is 193 Å². The molecule has 0 spiro atoms. The first kappa shape index (κ1) is 49.9. The quantitative estimate of drug-likeness (QED) is 0.0294. The molecule has 6 aromatic carbocycles. The van der Waals surface area contributed by atoms with Crippen LogP contribution in [0.1, 0.15) is 53.9 Å². The molecule has 6 aromatic rings. The summed E-state index contributed by atoms with van der Waals surface area (Å²) in [6.45, 7) is 6.99. The number of hydrogen-bond acceptors (Lipinski definition) is 9. The molecule has 0 fully saturated rings. The van der Waals surface area contributed by atoms with Crippen molar-refractivity contribution in [3.8, 4) is 16.9 Å². The molecule has 1 aliphatic carbocycles. The van der Waals surface area contributed by atoms with Gasteiger partial charge in [-0.25, -0.2) is 9.59 Å². The molecule has 360 valence electrons. The normalized spacial score (nSPS) is 13.3. The van der Waals surface area contributed by atoms with Crippen molar-refractivity contribution in [1.29, 1.82) is 0 Å². The van der Waals surface area contributed by atoms with Crippen molar-refractivity contribution in [3.63, 3.8) is 0 Å². The minimum Gasteiger partial charge on any atom is -0.489 e. The molecule has 0 aliphatic heterocycles. The number of benzene rings is 6. The highest BCUT2D eigenvalue weighted by atomic mass is 16.6. The Kier molecular flexibility index (Phi) is 17.7. The third-order valence-electron chi connectivity index (χ3n) is 12.1. The fraction of sp³-hybridized carbons (Fsp3) is 0.246. The number of ether oxygens (including phenoxy) is 3. The molecular weight excluding hydrogens is 885 g/mol. The van der Waals surface area contributed by atoms with Gasteiger partial charge in [-0.1, -0.05) is 133 Å². The number of rotatable bonds is 24. The largest absolute Gasteiger partial charge is 0.489 e. The van der Waals surface area contributed by atoms with E-state index in [1.54, 1.807) is 18.2 Å². The number of carbonyl (C=O) groups excluding carboxylic acids is 5. The summed E-state index contributed by atoms with van der Waals surface area (Å²) >= 11 is 0. The van der Waals surface area contributed by atoms with Crippen molar-refractivity contribution in [2.45, 2.75) is 62.8 Å². The Hall–Kier alpha value is -8.03. The van der Waals surface area contributed by atoms with Crippen LogP contribution in [-0.4, -0.2) is 72.8 Å². The minimum atomic E-state index is -1.43. The Morgan fingerprint density at radius 3 is 2.01 bits per heavy atom. The molecule has 0 heterocycles. The van der Waals surface area contributed by atoms with E-state index in [1.807, 2.05) is 133 Å². The number of anilines is 1. The van der Waals surface area contributed by atoms with Crippen LogP contribution < -0.4 is 26.0 Å². The number of allylic oxidation sites excluding steroid dienone is 2. The van der Waals surface area contributed by atoms with Crippen LogP contribution in [0, 0.1) is 5.92 Å². The molecule has 5 N–H and O–H groups in total. The van der Waals surface area contributed by atoms with Crippen LogP contribution in [0.5, 0.6) is 5.75 Å². The molecule has 4 atom stereocenters. The van der Waals surface area contributed by atoms with Crippen LogP contribution in [0.25, 0.3) is 21.9 Å². The van der Waals surface area contributed by atoms with Crippen LogP contribution in [0.4, 0.5) is 10.5 Å². The zero-order chi connectivity index (χ0) is 49.2. The number of nitrogens with one attached hydrogen (secondary N) is 4. The summed E-state index contributed by atoms with van der Waals surface area (Å²) in [7, 11) is 0. The topological polar surface area (TPSA) is 181 Å².